The third kappa shape index (κ3) is 4.56. The maximum absolute atomic E-state index is 11.8. The highest BCUT2D eigenvalue weighted by Crippen LogP contribution is 2.17. The van der Waals surface area contributed by atoms with Gasteiger partial charge in [-0.1, -0.05) is 26.0 Å². The highest BCUT2D eigenvalue weighted by molar-refractivity contribution is 5.95. The van der Waals surface area contributed by atoms with E-state index in [0.29, 0.717) is 12.5 Å². The van der Waals surface area contributed by atoms with Crippen LogP contribution < -0.4 is 10.6 Å². The number of nitrogens with one attached hydrogen (secondary N) is 2. The normalized spacial score (nSPS) is 17.8. The van der Waals surface area contributed by atoms with Crippen molar-refractivity contribution < 1.29 is 14.3 Å². The molecule has 0 spiro atoms. The van der Waals surface area contributed by atoms with Crippen LogP contribution in [-0.4, -0.2) is 31.1 Å². The number of benzene rings is 1. The van der Waals surface area contributed by atoms with Crippen LogP contribution in [0.4, 0.5) is 5.69 Å². The van der Waals surface area contributed by atoms with E-state index >= 15 is 0 Å². The van der Waals surface area contributed by atoms with Gasteiger partial charge in [-0.3, -0.25) is 9.59 Å². The first-order valence-electron chi connectivity index (χ1n) is 7.35. The van der Waals surface area contributed by atoms with E-state index in [4.69, 9.17) is 4.74 Å². The number of rotatable bonds is 5. The van der Waals surface area contributed by atoms with Gasteiger partial charge in [-0.15, -0.1) is 0 Å². The number of hydrogen-bond acceptors (Lipinski definition) is 3. The molecular weight excluding hydrogens is 268 g/mol. The van der Waals surface area contributed by atoms with Crippen molar-refractivity contribution in [3.05, 3.63) is 29.8 Å². The van der Waals surface area contributed by atoms with Crippen molar-refractivity contribution in [1.29, 1.82) is 0 Å². The second kappa shape index (κ2) is 7.22. The average molecular weight is 290 g/mol. The molecule has 114 valence electrons. The molecule has 1 aromatic rings. The molecule has 5 nitrogen and oxygen atoms in total. The Labute approximate surface area is 125 Å². The molecule has 0 aromatic heterocycles. The van der Waals surface area contributed by atoms with E-state index in [2.05, 4.69) is 24.5 Å². The van der Waals surface area contributed by atoms with Crippen LogP contribution in [0.1, 0.15) is 38.2 Å². The molecule has 1 atom stereocenters. The molecule has 2 amide bonds. The summed E-state index contributed by atoms with van der Waals surface area (Å²) in [5, 5.41) is 5.36. The second-order valence-corrected chi connectivity index (χ2v) is 5.54. The lowest BCUT2D eigenvalue weighted by molar-refractivity contribution is -0.131. The van der Waals surface area contributed by atoms with Crippen molar-refractivity contribution in [3.63, 3.8) is 0 Å². The zero-order chi connectivity index (χ0) is 15.2. The Kier molecular flexibility index (Phi) is 5.33. The first-order chi connectivity index (χ1) is 10.1. The highest BCUT2D eigenvalue weighted by atomic mass is 16.5. The monoisotopic (exact) mass is 290 g/mol. The lowest BCUT2D eigenvalue weighted by atomic mass is 10.0. The highest BCUT2D eigenvalue weighted by Gasteiger charge is 2.23. The summed E-state index contributed by atoms with van der Waals surface area (Å²) in [7, 11) is 0. The van der Waals surface area contributed by atoms with Gasteiger partial charge in [-0.2, -0.15) is 0 Å². The molecule has 1 aliphatic heterocycles. The summed E-state index contributed by atoms with van der Waals surface area (Å²) in [5.41, 5.74) is 1.95. The largest absolute Gasteiger partial charge is 0.368 e. The Morgan fingerprint density at radius 1 is 1.29 bits per heavy atom. The lowest BCUT2D eigenvalue weighted by Gasteiger charge is -2.11. The summed E-state index contributed by atoms with van der Waals surface area (Å²) in [5.74, 6) is 0.0110. The molecule has 1 unspecified atom stereocenters. The molecule has 1 fully saturated rings. The standard InChI is InChI=1S/C16H22N2O3/c1-11(2)12-5-7-13(8-6-12)18-15(19)10-17-16(20)14-4-3-9-21-14/h5-8,11,14H,3-4,9-10H2,1-2H3,(H,17,20)(H,18,19). The van der Waals surface area contributed by atoms with Crippen molar-refractivity contribution in [1.82, 2.24) is 5.32 Å². The van der Waals surface area contributed by atoms with Crippen LogP contribution in [0.5, 0.6) is 0 Å². The molecule has 1 aromatic carbocycles. The topological polar surface area (TPSA) is 67.4 Å². The molecule has 2 rings (SSSR count). The summed E-state index contributed by atoms with van der Waals surface area (Å²) >= 11 is 0. The molecule has 1 saturated heterocycles. The summed E-state index contributed by atoms with van der Waals surface area (Å²) in [4.78, 5) is 23.5. The molecular formula is C16H22N2O3. The molecule has 2 N–H and O–H groups in total. The number of carbonyl (C=O) groups excluding carboxylic acids is 2. The Hall–Kier alpha value is -1.88. The molecule has 0 radical (unpaired) electrons. The van der Waals surface area contributed by atoms with Gasteiger partial charge < -0.3 is 15.4 Å². The number of amides is 2. The number of hydrogen-bond donors (Lipinski definition) is 2. The van der Waals surface area contributed by atoms with Crippen molar-refractivity contribution in [2.24, 2.45) is 0 Å². The molecule has 21 heavy (non-hydrogen) atoms. The second-order valence-electron chi connectivity index (χ2n) is 5.54. The van der Waals surface area contributed by atoms with Crippen LogP contribution in [0, 0.1) is 0 Å². The number of ether oxygens (including phenoxy) is 1. The Morgan fingerprint density at radius 2 is 2.00 bits per heavy atom. The first kappa shape index (κ1) is 15.5. The molecule has 0 saturated carbocycles. The fraction of sp³-hybridized carbons (Fsp3) is 0.500. The van der Waals surface area contributed by atoms with Gasteiger partial charge in [0.05, 0.1) is 6.54 Å². The Balaban J connectivity index is 1.77. The molecule has 1 heterocycles. The Morgan fingerprint density at radius 3 is 2.57 bits per heavy atom. The van der Waals surface area contributed by atoms with Crippen molar-refractivity contribution in [2.45, 2.75) is 38.7 Å². The van der Waals surface area contributed by atoms with Gasteiger partial charge in [0, 0.05) is 12.3 Å². The maximum Gasteiger partial charge on any atom is 0.249 e. The smallest absolute Gasteiger partial charge is 0.249 e. The maximum atomic E-state index is 11.8. The van der Waals surface area contributed by atoms with E-state index in [1.54, 1.807) is 0 Å². The van der Waals surface area contributed by atoms with Gasteiger partial charge in [0.15, 0.2) is 0 Å². The predicted octanol–water partition coefficient (Wildman–Crippen LogP) is 2.04. The summed E-state index contributed by atoms with van der Waals surface area (Å²) in [6.07, 6.45) is 1.22. The van der Waals surface area contributed by atoms with Gasteiger partial charge >= 0.3 is 0 Å². The van der Waals surface area contributed by atoms with E-state index in [1.807, 2.05) is 24.3 Å². The van der Waals surface area contributed by atoms with E-state index < -0.39 is 6.10 Å². The molecule has 1 aliphatic rings. The molecule has 5 heteroatoms. The van der Waals surface area contributed by atoms with E-state index in [9.17, 15) is 9.59 Å². The van der Waals surface area contributed by atoms with E-state index in [1.165, 1.54) is 5.56 Å². The van der Waals surface area contributed by atoms with Crippen molar-refractivity contribution >= 4 is 17.5 Å². The van der Waals surface area contributed by atoms with Crippen LogP contribution in [0.25, 0.3) is 0 Å². The van der Waals surface area contributed by atoms with Crippen molar-refractivity contribution in [3.8, 4) is 0 Å². The SMILES string of the molecule is CC(C)c1ccc(NC(=O)CNC(=O)C2CCCO2)cc1. The Bertz CT molecular complexity index is 491. The van der Waals surface area contributed by atoms with Crippen LogP contribution in [0.3, 0.4) is 0 Å². The van der Waals surface area contributed by atoms with Crippen molar-refractivity contribution in [2.75, 3.05) is 18.5 Å². The van der Waals surface area contributed by atoms with Gasteiger partial charge in [0.1, 0.15) is 6.10 Å². The van der Waals surface area contributed by atoms with Gasteiger partial charge in [0.2, 0.25) is 11.8 Å². The van der Waals surface area contributed by atoms with Gasteiger partial charge in [-0.25, -0.2) is 0 Å². The zero-order valence-corrected chi connectivity index (χ0v) is 12.5. The first-order valence-corrected chi connectivity index (χ1v) is 7.35. The minimum atomic E-state index is -0.400. The third-order valence-electron chi connectivity index (χ3n) is 3.51. The van der Waals surface area contributed by atoms with Crippen LogP contribution >= 0.6 is 0 Å². The van der Waals surface area contributed by atoms with Gasteiger partial charge in [-0.05, 0) is 36.5 Å². The quantitative estimate of drug-likeness (QED) is 0.872. The van der Waals surface area contributed by atoms with Crippen LogP contribution in [-0.2, 0) is 14.3 Å². The summed E-state index contributed by atoms with van der Waals surface area (Å²) < 4.78 is 5.26. The van der Waals surface area contributed by atoms with E-state index in [0.717, 1.165) is 18.5 Å². The zero-order valence-electron chi connectivity index (χ0n) is 12.5. The minimum absolute atomic E-state index is 0.0371. The fourth-order valence-corrected chi connectivity index (χ4v) is 2.22. The number of carbonyl (C=O) groups is 2. The predicted molar refractivity (Wildman–Crippen MR) is 81.1 cm³/mol. The lowest BCUT2D eigenvalue weighted by Crippen LogP contribution is -2.39. The van der Waals surface area contributed by atoms with Crippen LogP contribution in [0.2, 0.25) is 0 Å². The van der Waals surface area contributed by atoms with Crippen LogP contribution in [0.15, 0.2) is 24.3 Å². The van der Waals surface area contributed by atoms with E-state index in [-0.39, 0.29) is 18.4 Å². The summed E-state index contributed by atoms with van der Waals surface area (Å²) in [6.45, 7) is 4.82. The fourth-order valence-electron chi connectivity index (χ4n) is 2.22. The molecule has 0 bridgehead atoms. The molecule has 0 aliphatic carbocycles. The average Bonchev–Trinajstić information content (AvgIpc) is 2.99. The minimum Gasteiger partial charge on any atom is -0.368 e. The third-order valence-corrected chi connectivity index (χ3v) is 3.51. The summed E-state index contributed by atoms with van der Waals surface area (Å²) in [6, 6.07) is 7.72. The van der Waals surface area contributed by atoms with Gasteiger partial charge in [0.25, 0.3) is 0 Å². The number of anilines is 1.